The van der Waals surface area contributed by atoms with Crippen molar-refractivity contribution in [2.75, 3.05) is 5.32 Å². The average molecular weight is 398 g/mol. The lowest BCUT2D eigenvalue weighted by Crippen LogP contribution is -2.18. The fraction of sp³-hybridized carbons (Fsp3) is 0.136. The summed E-state index contributed by atoms with van der Waals surface area (Å²) in [5.74, 6) is 0.462. The Morgan fingerprint density at radius 3 is 2.57 bits per heavy atom. The second kappa shape index (κ2) is 7.07. The quantitative estimate of drug-likeness (QED) is 0.484. The van der Waals surface area contributed by atoms with Crippen molar-refractivity contribution in [3.8, 4) is 0 Å². The third-order valence-electron chi connectivity index (χ3n) is 4.95. The van der Waals surface area contributed by atoms with Crippen LogP contribution in [0.3, 0.4) is 0 Å². The van der Waals surface area contributed by atoms with E-state index in [0.29, 0.717) is 12.4 Å². The van der Waals surface area contributed by atoms with Gasteiger partial charge in [-0.15, -0.1) is 0 Å². The summed E-state index contributed by atoms with van der Waals surface area (Å²) in [7, 11) is 0. The normalized spacial score (nSPS) is 11.4. The first-order valence-electron chi connectivity index (χ1n) is 9.60. The Labute approximate surface area is 170 Å². The number of hydrogen-bond acceptors (Lipinski definition) is 5. The van der Waals surface area contributed by atoms with Crippen molar-refractivity contribution < 1.29 is 4.79 Å². The molecule has 0 saturated carbocycles. The molecular formula is C22H18N6O2. The van der Waals surface area contributed by atoms with E-state index in [2.05, 4.69) is 15.3 Å². The highest BCUT2D eigenvalue weighted by atomic mass is 16.1. The van der Waals surface area contributed by atoms with Gasteiger partial charge in [0.15, 0.2) is 5.65 Å². The second-order valence-electron chi connectivity index (χ2n) is 7.07. The van der Waals surface area contributed by atoms with E-state index in [1.165, 1.54) is 6.07 Å². The van der Waals surface area contributed by atoms with Crippen molar-refractivity contribution in [1.82, 2.24) is 24.5 Å². The molecule has 3 heterocycles. The molecule has 8 nitrogen and oxygen atoms in total. The van der Waals surface area contributed by atoms with Gasteiger partial charge >= 0.3 is 0 Å². The molecule has 2 N–H and O–H groups in total. The summed E-state index contributed by atoms with van der Waals surface area (Å²) in [6.07, 6.45) is 0.204. The molecule has 5 rings (SSSR count). The SMILES string of the molecule is Cc1nc(NC(=O)CCn2c3ccccc3c3nc4ccccc4nc32)cc(=O)[nH]1. The Kier molecular flexibility index (Phi) is 4.24. The lowest BCUT2D eigenvalue weighted by Gasteiger charge is -2.08. The number of fused-ring (bicyclic) bond motifs is 4. The Hall–Kier alpha value is -4.07. The first-order chi connectivity index (χ1) is 14.6. The molecule has 148 valence electrons. The van der Waals surface area contributed by atoms with Crippen molar-refractivity contribution >= 4 is 44.8 Å². The zero-order valence-electron chi connectivity index (χ0n) is 16.2. The second-order valence-corrected chi connectivity index (χ2v) is 7.07. The van der Waals surface area contributed by atoms with E-state index in [4.69, 9.17) is 9.97 Å². The van der Waals surface area contributed by atoms with Crippen molar-refractivity contribution in [3.05, 3.63) is 70.8 Å². The fourth-order valence-electron chi connectivity index (χ4n) is 3.67. The van der Waals surface area contributed by atoms with E-state index in [-0.39, 0.29) is 23.7 Å². The van der Waals surface area contributed by atoms with Crippen LogP contribution >= 0.6 is 0 Å². The molecule has 0 aliphatic carbocycles. The molecule has 8 heteroatoms. The molecule has 0 unspecified atom stereocenters. The number of rotatable bonds is 4. The third-order valence-corrected chi connectivity index (χ3v) is 4.95. The Morgan fingerprint density at radius 1 is 1.03 bits per heavy atom. The van der Waals surface area contributed by atoms with E-state index < -0.39 is 0 Å². The molecule has 3 aromatic heterocycles. The predicted octanol–water partition coefficient (Wildman–Crippen LogP) is 3.16. The minimum atomic E-state index is -0.303. The van der Waals surface area contributed by atoms with Gasteiger partial charge in [0.1, 0.15) is 17.2 Å². The lowest BCUT2D eigenvalue weighted by atomic mass is 10.2. The number of H-pyrrole nitrogens is 1. The van der Waals surface area contributed by atoms with Crippen LogP contribution in [0.1, 0.15) is 12.2 Å². The van der Waals surface area contributed by atoms with Crippen LogP contribution in [-0.4, -0.2) is 30.4 Å². The van der Waals surface area contributed by atoms with E-state index in [1.54, 1.807) is 6.92 Å². The summed E-state index contributed by atoms with van der Waals surface area (Å²) >= 11 is 0. The Bertz CT molecular complexity index is 1480. The number of carbonyl (C=O) groups is 1. The summed E-state index contributed by atoms with van der Waals surface area (Å²) in [4.78, 5) is 40.4. The Balaban J connectivity index is 1.50. The lowest BCUT2D eigenvalue weighted by molar-refractivity contribution is -0.116. The largest absolute Gasteiger partial charge is 0.323 e. The molecule has 0 aliphatic rings. The van der Waals surface area contributed by atoms with Gasteiger partial charge in [-0.05, 0) is 25.1 Å². The molecule has 1 amide bonds. The van der Waals surface area contributed by atoms with Crippen molar-refractivity contribution in [3.63, 3.8) is 0 Å². The highest BCUT2D eigenvalue weighted by Gasteiger charge is 2.15. The number of para-hydroxylation sites is 3. The van der Waals surface area contributed by atoms with Gasteiger partial charge in [0.25, 0.3) is 5.56 Å². The van der Waals surface area contributed by atoms with E-state index in [9.17, 15) is 9.59 Å². The maximum atomic E-state index is 12.5. The topological polar surface area (TPSA) is 106 Å². The monoisotopic (exact) mass is 398 g/mol. The van der Waals surface area contributed by atoms with E-state index in [1.807, 2.05) is 53.1 Å². The first-order valence-corrected chi connectivity index (χ1v) is 9.60. The van der Waals surface area contributed by atoms with Gasteiger partial charge in [-0.25, -0.2) is 15.0 Å². The molecule has 0 aliphatic heterocycles. The summed E-state index contributed by atoms with van der Waals surface area (Å²) in [5.41, 5.74) is 3.87. The zero-order chi connectivity index (χ0) is 20.7. The van der Waals surface area contributed by atoms with Crippen molar-refractivity contribution in [2.24, 2.45) is 0 Å². The third kappa shape index (κ3) is 3.18. The molecule has 30 heavy (non-hydrogen) atoms. The number of anilines is 1. The minimum absolute atomic E-state index is 0.204. The molecule has 0 fully saturated rings. The van der Waals surface area contributed by atoms with Gasteiger partial charge in [0.05, 0.1) is 16.6 Å². The maximum Gasteiger partial charge on any atom is 0.252 e. The minimum Gasteiger partial charge on any atom is -0.323 e. The van der Waals surface area contributed by atoms with Crippen LogP contribution in [0.5, 0.6) is 0 Å². The molecule has 2 aromatic carbocycles. The number of hydrogen-bond donors (Lipinski definition) is 2. The molecule has 0 atom stereocenters. The molecular weight excluding hydrogens is 380 g/mol. The average Bonchev–Trinajstić information content (AvgIpc) is 3.02. The van der Waals surface area contributed by atoms with Crippen LogP contribution in [0.15, 0.2) is 59.4 Å². The number of amides is 1. The number of aryl methyl sites for hydroxylation is 2. The van der Waals surface area contributed by atoms with Gasteiger partial charge in [0, 0.05) is 24.4 Å². The van der Waals surface area contributed by atoms with Gasteiger partial charge in [-0.1, -0.05) is 30.3 Å². The molecule has 0 spiro atoms. The van der Waals surface area contributed by atoms with Gasteiger partial charge in [-0.2, -0.15) is 0 Å². The van der Waals surface area contributed by atoms with Crippen molar-refractivity contribution in [1.29, 1.82) is 0 Å². The van der Waals surface area contributed by atoms with Gasteiger partial charge in [-0.3, -0.25) is 9.59 Å². The standard InChI is InChI=1S/C22H18N6O2/c1-13-23-18(12-20(30)24-13)27-19(29)10-11-28-17-9-5-2-6-14(17)21-22(28)26-16-8-4-3-7-15(16)25-21/h2-9,12H,10-11H2,1H3,(H2,23,24,27,29,30). The highest BCUT2D eigenvalue weighted by molar-refractivity contribution is 6.06. The number of aromatic amines is 1. The molecule has 0 radical (unpaired) electrons. The van der Waals surface area contributed by atoms with Crippen LogP contribution < -0.4 is 10.9 Å². The van der Waals surface area contributed by atoms with E-state index in [0.717, 1.165) is 33.1 Å². The van der Waals surface area contributed by atoms with Gasteiger partial charge < -0.3 is 14.9 Å². The molecule has 0 bridgehead atoms. The predicted molar refractivity (Wildman–Crippen MR) is 115 cm³/mol. The zero-order valence-corrected chi connectivity index (χ0v) is 16.2. The van der Waals surface area contributed by atoms with Crippen LogP contribution in [0, 0.1) is 6.92 Å². The molecule has 0 saturated heterocycles. The smallest absolute Gasteiger partial charge is 0.252 e. The van der Waals surface area contributed by atoms with Crippen LogP contribution in [0.4, 0.5) is 5.82 Å². The number of carbonyl (C=O) groups excluding carboxylic acids is 1. The van der Waals surface area contributed by atoms with Crippen molar-refractivity contribution in [2.45, 2.75) is 19.9 Å². The summed E-state index contributed by atoms with van der Waals surface area (Å²) < 4.78 is 2.01. The summed E-state index contributed by atoms with van der Waals surface area (Å²) in [6, 6.07) is 17.0. The maximum absolute atomic E-state index is 12.5. The number of benzene rings is 2. The highest BCUT2D eigenvalue weighted by Crippen LogP contribution is 2.28. The van der Waals surface area contributed by atoms with E-state index >= 15 is 0 Å². The summed E-state index contributed by atoms with van der Waals surface area (Å²) in [6.45, 7) is 2.09. The first kappa shape index (κ1) is 18.0. The van der Waals surface area contributed by atoms with Gasteiger partial charge in [0.2, 0.25) is 5.91 Å². The van der Waals surface area contributed by atoms with Crippen LogP contribution in [-0.2, 0) is 11.3 Å². The van der Waals surface area contributed by atoms with Crippen LogP contribution in [0.2, 0.25) is 0 Å². The number of aromatic nitrogens is 5. The number of nitrogens with zero attached hydrogens (tertiary/aromatic N) is 4. The van der Waals surface area contributed by atoms with Crippen LogP contribution in [0.25, 0.3) is 33.1 Å². The number of nitrogens with one attached hydrogen (secondary N) is 2. The summed E-state index contributed by atoms with van der Waals surface area (Å²) in [5, 5.41) is 3.69. The Morgan fingerprint density at radius 2 is 1.77 bits per heavy atom. The fourth-order valence-corrected chi connectivity index (χ4v) is 3.67. The molecule has 5 aromatic rings.